The molecular formula is C12H22N4O. The van der Waals surface area contributed by atoms with Crippen LogP contribution in [0.2, 0.25) is 0 Å². The van der Waals surface area contributed by atoms with Crippen LogP contribution in [0.25, 0.3) is 0 Å². The summed E-state index contributed by atoms with van der Waals surface area (Å²) in [5, 5.41) is 0. The van der Waals surface area contributed by atoms with Crippen molar-refractivity contribution in [3.05, 3.63) is 17.2 Å². The number of likely N-dealkylation sites (N-methyl/N-ethyl adjacent to an activating group) is 1. The molecule has 1 aromatic rings. The van der Waals surface area contributed by atoms with Crippen LogP contribution in [0.4, 0.5) is 0 Å². The van der Waals surface area contributed by atoms with Gasteiger partial charge in [0.15, 0.2) is 0 Å². The van der Waals surface area contributed by atoms with Gasteiger partial charge in [0.05, 0.1) is 5.69 Å². The van der Waals surface area contributed by atoms with Crippen molar-refractivity contribution in [2.45, 2.75) is 39.3 Å². The van der Waals surface area contributed by atoms with Gasteiger partial charge in [-0.15, -0.1) is 0 Å². The predicted molar refractivity (Wildman–Crippen MR) is 67.6 cm³/mol. The molecule has 0 amide bonds. The molecule has 1 unspecified atom stereocenters. The molecule has 0 aromatic carbocycles. The SMILES string of the molecule is CCCCN(C)C(C=O)c1nc(CN)c(C)[nH]1. The first-order valence-corrected chi connectivity index (χ1v) is 6.05. The van der Waals surface area contributed by atoms with Gasteiger partial charge in [-0.05, 0) is 26.9 Å². The van der Waals surface area contributed by atoms with Gasteiger partial charge in [-0.25, -0.2) is 4.98 Å². The Morgan fingerprint density at radius 3 is 2.76 bits per heavy atom. The number of carbonyl (C=O) groups is 1. The summed E-state index contributed by atoms with van der Waals surface area (Å²) in [6, 6.07) is -0.305. The van der Waals surface area contributed by atoms with E-state index < -0.39 is 0 Å². The van der Waals surface area contributed by atoms with E-state index in [1.807, 2.05) is 18.9 Å². The van der Waals surface area contributed by atoms with Crippen LogP contribution in [0, 0.1) is 6.92 Å². The predicted octanol–water partition coefficient (Wildman–Crippen LogP) is 1.15. The standard InChI is InChI=1S/C12H22N4O/c1-4-5-6-16(3)11(8-17)12-14-9(2)10(7-13)15-12/h8,11H,4-7,13H2,1-3H3,(H,14,15). The summed E-state index contributed by atoms with van der Waals surface area (Å²) in [5.41, 5.74) is 7.35. The van der Waals surface area contributed by atoms with Crippen molar-refractivity contribution in [1.82, 2.24) is 14.9 Å². The molecule has 5 nitrogen and oxygen atoms in total. The van der Waals surface area contributed by atoms with Gasteiger partial charge in [-0.3, -0.25) is 4.90 Å². The van der Waals surface area contributed by atoms with Crippen LogP contribution in [0.3, 0.4) is 0 Å². The lowest BCUT2D eigenvalue weighted by Gasteiger charge is -2.21. The molecule has 3 N–H and O–H groups in total. The van der Waals surface area contributed by atoms with Crippen molar-refractivity contribution < 1.29 is 4.79 Å². The van der Waals surface area contributed by atoms with E-state index in [1.54, 1.807) is 0 Å². The second-order valence-electron chi connectivity index (χ2n) is 4.31. The summed E-state index contributed by atoms with van der Waals surface area (Å²) < 4.78 is 0. The number of hydrogen-bond acceptors (Lipinski definition) is 4. The van der Waals surface area contributed by atoms with E-state index >= 15 is 0 Å². The summed E-state index contributed by atoms with van der Waals surface area (Å²) in [7, 11) is 1.94. The van der Waals surface area contributed by atoms with E-state index in [1.165, 1.54) is 0 Å². The van der Waals surface area contributed by atoms with Crippen LogP contribution in [0.5, 0.6) is 0 Å². The molecule has 5 heteroatoms. The van der Waals surface area contributed by atoms with E-state index in [9.17, 15) is 4.79 Å². The molecule has 0 aliphatic carbocycles. The Balaban J connectivity index is 2.81. The fourth-order valence-corrected chi connectivity index (χ4v) is 1.78. The highest BCUT2D eigenvalue weighted by molar-refractivity contribution is 5.59. The molecule has 1 heterocycles. The van der Waals surface area contributed by atoms with Gasteiger partial charge in [-0.2, -0.15) is 0 Å². The molecule has 0 aliphatic rings. The first kappa shape index (κ1) is 13.9. The topological polar surface area (TPSA) is 75.0 Å². The van der Waals surface area contributed by atoms with Gasteiger partial charge in [0.2, 0.25) is 0 Å². The number of aromatic nitrogens is 2. The van der Waals surface area contributed by atoms with E-state index in [0.717, 1.165) is 37.1 Å². The van der Waals surface area contributed by atoms with Crippen molar-refractivity contribution in [2.24, 2.45) is 5.73 Å². The van der Waals surface area contributed by atoms with Crippen molar-refractivity contribution in [2.75, 3.05) is 13.6 Å². The van der Waals surface area contributed by atoms with Crippen molar-refractivity contribution in [1.29, 1.82) is 0 Å². The zero-order valence-electron chi connectivity index (χ0n) is 10.9. The maximum atomic E-state index is 11.2. The molecule has 0 bridgehead atoms. The van der Waals surface area contributed by atoms with Gasteiger partial charge in [0.1, 0.15) is 18.2 Å². The Kier molecular flexibility index (Phi) is 5.31. The number of unbranched alkanes of at least 4 members (excludes halogenated alkanes) is 1. The van der Waals surface area contributed by atoms with Crippen LogP contribution in [0.1, 0.15) is 43.0 Å². The molecule has 0 aliphatic heterocycles. The quantitative estimate of drug-likeness (QED) is 0.699. The van der Waals surface area contributed by atoms with Crippen molar-refractivity contribution >= 4 is 6.29 Å². The highest BCUT2D eigenvalue weighted by Crippen LogP contribution is 2.16. The Bertz CT molecular complexity index is 361. The molecule has 0 fully saturated rings. The van der Waals surface area contributed by atoms with Crippen LogP contribution in [-0.2, 0) is 11.3 Å². The number of nitrogens with two attached hydrogens (primary N) is 1. The number of aryl methyl sites for hydroxylation is 1. The third kappa shape index (κ3) is 3.38. The van der Waals surface area contributed by atoms with Gasteiger partial charge in [0.25, 0.3) is 0 Å². The minimum absolute atomic E-state index is 0.305. The Morgan fingerprint density at radius 1 is 1.59 bits per heavy atom. The maximum Gasteiger partial charge on any atom is 0.144 e. The summed E-state index contributed by atoms with van der Waals surface area (Å²) in [4.78, 5) is 20.7. The maximum absolute atomic E-state index is 11.2. The number of nitrogens with zero attached hydrogens (tertiary/aromatic N) is 2. The summed E-state index contributed by atoms with van der Waals surface area (Å²) in [5.74, 6) is 0.691. The minimum atomic E-state index is -0.305. The van der Waals surface area contributed by atoms with Gasteiger partial charge in [-0.1, -0.05) is 13.3 Å². The normalized spacial score (nSPS) is 13.0. The number of hydrogen-bond donors (Lipinski definition) is 2. The molecule has 0 spiro atoms. The zero-order chi connectivity index (χ0) is 12.8. The number of H-pyrrole nitrogens is 1. The third-order valence-corrected chi connectivity index (χ3v) is 2.95. The average Bonchev–Trinajstić information content (AvgIpc) is 2.68. The van der Waals surface area contributed by atoms with E-state index in [2.05, 4.69) is 16.9 Å². The fraction of sp³-hybridized carbons (Fsp3) is 0.667. The number of imidazole rings is 1. The Morgan fingerprint density at radius 2 is 2.29 bits per heavy atom. The first-order chi connectivity index (χ1) is 8.13. The van der Waals surface area contributed by atoms with E-state index in [-0.39, 0.29) is 6.04 Å². The van der Waals surface area contributed by atoms with E-state index in [4.69, 9.17) is 5.73 Å². The molecule has 0 saturated heterocycles. The van der Waals surface area contributed by atoms with Crippen molar-refractivity contribution in [3.8, 4) is 0 Å². The van der Waals surface area contributed by atoms with Crippen LogP contribution in [0.15, 0.2) is 0 Å². The number of carbonyl (C=O) groups excluding carboxylic acids is 1. The lowest BCUT2D eigenvalue weighted by molar-refractivity contribution is -0.112. The number of nitrogens with one attached hydrogen (secondary N) is 1. The lowest BCUT2D eigenvalue weighted by atomic mass is 10.2. The van der Waals surface area contributed by atoms with Crippen LogP contribution < -0.4 is 5.73 Å². The summed E-state index contributed by atoms with van der Waals surface area (Å²) in [6.45, 7) is 5.34. The third-order valence-electron chi connectivity index (χ3n) is 2.95. The van der Waals surface area contributed by atoms with Crippen LogP contribution >= 0.6 is 0 Å². The van der Waals surface area contributed by atoms with E-state index in [0.29, 0.717) is 12.4 Å². The molecule has 1 rings (SSSR count). The monoisotopic (exact) mass is 238 g/mol. The Hall–Kier alpha value is -1.20. The minimum Gasteiger partial charge on any atom is -0.344 e. The molecule has 17 heavy (non-hydrogen) atoms. The smallest absolute Gasteiger partial charge is 0.144 e. The van der Waals surface area contributed by atoms with Crippen molar-refractivity contribution in [3.63, 3.8) is 0 Å². The lowest BCUT2D eigenvalue weighted by Crippen LogP contribution is -2.27. The zero-order valence-corrected chi connectivity index (χ0v) is 10.9. The number of rotatable bonds is 7. The molecule has 0 radical (unpaired) electrons. The molecular weight excluding hydrogens is 216 g/mol. The molecule has 1 aromatic heterocycles. The first-order valence-electron chi connectivity index (χ1n) is 6.05. The Labute approximate surface area is 102 Å². The molecule has 0 saturated carbocycles. The summed E-state index contributed by atoms with van der Waals surface area (Å²) in [6.07, 6.45) is 3.11. The van der Waals surface area contributed by atoms with Gasteiger partial charge >= 0.3 is 0 Å². The molecule has 96 valence electrons. The van der Waals surface area contributed by atoms with Gasteiger partial charge < -0.3 is 15.5 Å². The highest BCUT2D eigenvalue weighted by atomic mass is 16.1. The average molecular weight is 238 g/mol. The number of aldehydes is 1. The molecule has 1 atom stereocenters. The second kappa shape index (κ2) is 6.51. The summed E-state index contributed by atoms with van der Waals surface area (Å²) >= 11 is 0. The second-order valence-corrected chi connectivity index (χ2v) is 4.31. The largest absolute Gasteiger partial charge is 0.344 e. The number of aromatic amines is 1. The van der Waals surface area contributed by atoms with Crippen LogP contribution in [-0.4, -0.2) is 34.7 Å². The highest BCUT2D eigenvalue weighted by Gasteiger charge is 2.20. The fourth-order valence-electron chi connectivity index (χ4n) is 1.78. The van der Waals surface area contributed by atoms with Gasteiger partial charge in [0, 0.05) is 12.2 Å².